The van der Waals surface area contributed by atoms with Crippen molar-refractivity contribution < 1.29 is 32.5 Å². The molecule has 1 saturated heterocycles. The molecule has 0 aromatic heterocycles. The molecule has 204 valence electrons. The zero-order valence-electron chi connectivity index (χ0n) is 21.2. The van der Waals surface area contributed by atoms with Crippen LogP contribution in [0.5, 0.6) is 11.5 Å². The van der Waals surface area contributed by atoms with Gasteiger partial charge in [0, 0.05) is 41.7 Å². The molecule has 5 rings (SSSR count). The average molecular weight is 539 g/mol. The Balaban J connectivity index is 1.29. The standard InChI is InChI=1S/C30H29F3N2O4/c31-30(32,33)39-24-10-8-21(9-11-24)22-4-3-5-23(20-22)29(36)34-27-12-13-28(26-7-2-1-6-25(26)27)38-19-16-35-14-17-37-18-15-35/h1-13,20,29,34,36H,14-19H2. The van der Waals surface area contributed by atoms with Crippen LogP contribution in [0.25, 0.3) is 21.9 Å². The van der Waals surface area contributed by atoms with Gasteiger partial charge in [0.15, 0.2) is 6.23 Å². The van der Waals surface area contributed by atoms with Gasteiger partial charge >= 0.3 is 6.36 Å². The van der Waals surface area contributed by atoms with Crippen LogP contribution in [0.15, 0.2) is 84.9 Å². The maximum Gasteiger partial charge on any atom is 0.573 e. The first-order chi connectivity index (χ1) is 18.9. The second kappa shape index (κ2) is 11.9. The molecular weight excluding hydrogens is 509 g/mol. The minimum Gasteiger partial charge on any atom is -0.492 e. The van der Waals surface area contributed by atoms with Gasteiger partial charge in [-0.15, -0.1) is 13.2 Å². The number of anilines is 1. The third-order valence-electron chi connectivity index (χ3n) is 6.57. The lowest BCUT2D eigenvalue weighted by Gasteiger charge is -2.26. The van der Waals surface area contributed by atoms with Crippen molar-refractivity contribution in [2.75, 3.05) is 44.8 Å². The molecule has 1 aliphatic heterocycles. The fourth-order valence-corrected chi connectivity index (χ4v) is 4.60. The van der Waals surface area contributed by atoms with Crippen LogP contribution in [0.3, 0.4) is 0 Å². The molecule has 1 atom stereocenters. The Morgan fingerprint density at radius 2 is 1.62 bits per heavy atom. The summed E-state index contributed by atoms with van der Waals surface area (Å²) in [6.07, 6.45) is -5.76. The lowest BCUT2D eigenvalue weighted by molar-refractivity contribution is -0.274. The molecule has 9 heteroatoms. The monoisotopic (exact) mass is 538 g/mol. The minimum atomic E-state index is -4.74. The molecule has 1 aliphatic rings. The number of aliphatic hydroxyl groups excluding tert-OH is 1. The maximum atomic E-state index is 12.5. The second-order valence-electron chi connectivity index (χ2n) is 9.20. The van der Waals surface area contributed by atoms with Crippen LogP contribution >= 0.6 is 0 Å². The number of ether oxygens (including phenoxy) is 3. The number of halogens is 3. The number of benzene rings is 4. The minimum absolute atomic E-state index is 0.287. The third-order valence-corrected chi connectivity index (χ3v) is 6.57. The van der Waals surface area contributed by atoms with Gasteiger partial charge in [0.05, 0.1) is 13.2 Å². The molecule has 2 N–H and O–H groups in total. The molecule has 39 heavy (non-hydrogen) atoms. The SMILES string of the molecule is OC(Nc1ccc(OCCN2CCOCC2)c2ccccc12)c1cccc(-c2ccc(OC(F)(F)F)cc2)c1. The maximum absolute atomic E-state index is 12.5. The van der Waals surface area contributed by atoms with Gasteiger partial charge in [0.25, 0.3) is 0 Å². The Morgan fingerprint density at radius 1 is 0.872 bits per heavy atom. The smallest absolute Gasteiger partial charge is 0.492 e. The quantitative estimate of drug-likeness (QED) is 0.247. The van der Waals surface area contributed by atoms with E-state index < -0.39 is 12.6 Å². The highest BCUT2D eigenvalue weighted by molar-refractivity contribution is 5.98. The predicted molar refractivity (Wildman–Crippen MR) is 144 cm³/mol. The van der Waals surface area contributed by atoms with Gasteiger partial charge in [-0.3, -0.25) is 4.90 Å². The first kappa shape index (κ1) is 26.8. The van der Waals surface area contributed by atoms with Crippen molar-refractivity contribution in [2.45, 2.75) is 12.6 Å². The molecule has 4 aromatic rings. The van der Waals surface area contributed by atoms with Crippen molar-refractivity contribution in [1.29, 1.82) is 0 Å². The summed E-state index contributed by atoms with van der Waals surface area (Å²) in [5.74, 6) is 0.489. The van der Waals surface area contributed by atoms with E-state index in [0.717, 1.165) is 60.6 Å². The van der Waals surface area contributed by atoms with Crippen molar-refractivity contribution in [1.82, 2.24) is 4.90 Å². The molecule has 0 spiro atoms. The van der Waals surface area contributed by atoms with E-state index in [-0.39, 0.29) is 5.75 Å². The number of hydrogen-bond donors (Lipinski definition) is 2. The Labute approximate surface area is 224 Å². The van der Waals surface area contributed by atoms with Crippen molar-refractivity contribution in [2.24, 2.45) is 0 Å². The first-order valence-corrected chi connectivity index (χ1v) is 12.7. The van der Waals surface area contributed by atoms with Gasteiger partial charge < -0.3 is 24.6 Å². The van der Waals surface area contributed by atoms with E-state index in [1.165, 1.54) is 12.1 Å². The topological polar surface area (TPSA) is 63.2 Å². The van der Waals surface area contributed by atoms with Crippen LogP contribution in [0.1, 0.15) is 11.8 Å². The number of nitrogens with zero attached hydrogens (tertiary/aromatic N) is 1. The van der Waals surface area contributed by atoms with Gasteiger partial charge in [0.2, 0.25) is 0 Å². The van der Waals surface area contributed by atoms with Gasteiger partial charge in [-0.1, -0.05) is 54.6 Å². The molecular formula is C30H29F3N2O4. The molecule has 0 amide bonds. The lowest BCUT2D eigenvalue weighted by atomic mass is 10.0. The highest BCUT2D eigenvalue weighted by Crippen LogP contribution is 2.34. The summed E-state index contributed by atoms with van der Waals surface area (Å²) in [4.78, 5) is 2.32. The molecule has 0 radical (unpaired) electrons. The average Bonchev–Trinajstić information content (AvgIpc) is 2.94. The number of fused-ring (bicyclic) bond motifs is 1. The Morgan fingerprint density at radius 3 is 2.36 bits per heavy atom. The second-order valence-corrected chi connectivity index (χ2v) is 9.20. The van der Waals surface area contributed by atoms with Crippen LogP contribution in [0.2, 0.25) is 0 Å². The van der Waals surface area contributed by atoms with Gasteiger partial charge in [-0.05, 0) is 41.5 Å². The summed E-state index contributed by atoms with van der Waals surface area (Å²) in [6, 6.07) is 24.5. The van der Waals surface area contributed by atoms with Crippen molar-refractivity contribution in [3.05, 3.63) is 90.5 Å². The van der Waals surface area contributed by atoms with E-state index in [4.69, 9.17) is 9.47 Å². The van der Waals surface area contributed by atoms with Crippen LogP contribution in [0, 0.1) is 0 Å². The highest BCUT2D eigenvalue weighted by atomic mass is 19.4. The Bertz CT molecular complexity index is 1390. The summed E-state index contributed by atoms with van der Waals surface area (Å²) in [5, 5.41) is 16.1. The number of alkyl halides is 3. The van der Waals surface area contributed by atoms with Crippen molar-refractivity contribution in [3.8, 4) is 22.6 Å². The lowest BCUT2D eigenvalue weighted by Crippen LogP contribution is -2.38. The van der Waals surface area contributed by atoms with Crippen LogP contribution in [-0.2, 0) is 4.74 Å². The van der Waals surface area contributed by atoms with Gasteiger partial charge in [0.1, 0.15) is 18.1 Å². The number of nitrogens with one attached hydrogen (secondary N) is 1. The van der Waals surface area contributed by atoms with Crippen LogP contribution in [-0.4, -0.2) is 55.8 Å². The van der Waals surface area contributed by atoms with E-state index in [9.17, 15) is 18.3 Å². The number of morpholine rings is 1. The number of rotatable bonds is 9. The molecule has 4 aromatic carbocycles. The molecule has 0 saturated carbocycles. The van der Waals surface area contributed by atoms with E-state index in [2.05, 4.69) is 15.0 Å². The van der Waals surface area contributed by atoms with E-state index in [1.54, 1.807) is 30.3 Å². The molecule has 1 fully saturated rings. The largest absolute Gasteiger partial charge is 0.573 e. The number of hydrogen-bond acceptors (Lipinski definition) is 6. The third kappa shape index (κ3) is 7.00. The summed E-state index contributed by atoms with van der Waals surface area (Å²) < 4.78 is 52.9. The summed E-state index contributed by atoms with van der Waals surface area (Å²) in [5.41, 5.74) is 2.80. The zero-order chi connectivity index (χ0) is 27.2. The number of aliphatic hydroxyl groups is 1. The summed E-state index contributed by atoms with van der Waals surface area (Å²) in [6.45, 7) is 4.70. The fraction of sp³-hybridized carbons (Fsp3) is 0.267. The predicted octanol–water partition coefficient (Wildman–Crippen LogP) is 6.22. The van der Waals surface area contributed by atoms with E-state index in [1.807, 2.05) is 42.5 Å². The zero-order valence-corrected chi connectivity index (χ0v) is 21.2. The van der Waals surface area contributed by atoms with Crippen molar-refractivity contribution in [3.63, 3.8) is 0 Å². The van der Waals surface area contributed by atoms with E-state index >= 15 is 0 Å². The normalized spacial score (nSPS) is 15.2. The van der Waals surface area contributed by atoms with Crippen LogP contribution in [0.4, 0.5) is 18.9 Å². The van der Waals surface area contributed by atoms with Crippen molar-refractivity contribution >= 4 is 16.5 Å². The van der Waals surface area contributed by atoms with Crippen LogP contribution < -0.4 is 14.8 Å². The molecule has 0 aliphatic carbocycles. The van der Waals surface area contributed by atoms with Gasteiger partial charge in [-0.25, -0.2) is 0 Å². The molecule has 0 bridgehead atoms. The van der Waals surface area contributed by atoms with Gasteiger partial charge in [-0.2, -0.15) is 0 Å². The first-order valence-electron chi connectivity index (χ1n) is 12.7. The Hall–Kier alpha value is -3.79. The highest BCUT2D eigenvalue weighted by Gasteiger charge is 2.31. The van der Waals surface area contributed by atoms with E-state index in [0.29, 0.717) is 17.7 Å². The molecule has 1 unspecified atom stereocenters. The fourth-order valence-electron chi connectivity index (χ4n) is 4.60. The summed E-state index contributed by atoms with van der Waals surface area (Å²) in [7, 11) is 0. The Kier molecular flexibility index (Phi) is 8.21. The molecule has 6 nitrogen and oxygen atoms in total. The molecule has 1 heterocycles. The summed E-state index contributed by atoms with van der Waals surface area (Å²) >= 11 is 0.